The summed E-state index contributed by atoms with van der Waals surface area (Å²) < 4.78 is 39.6. The van der Waals surface area contributed by atoms with Crippen LogP contribution in [0.2, 0.25) is 0 Å². The van der Waals surface area contributed by atoms with Gasteiger partial charge in [-0.3, -0.25) is 9.78 Å². The molecular formula is C18H18BrF3N4O2. The fourth-order valence-electron chi connectivity index (χ4n) is 4.20. The van der Waals surface area contributed by atoms with Gasteiger partial charge < -0.3 is 4.90 Å². The number of hydrogen-bond donors (Lipinski definition) is 1. The van der Waals surface area contributed by atoms with E-state index in [0.29, 0.717) is 18.9 Å². The second-order valence-electron chi connectivity index (χ2n) is 7.49. The number of H-pyrrole nitrogens is 1. The molecule has 2 aliphatic rings. The number of likely N-dealkylation sites (tertiary alicyclic amines) is 1. The molecule has 0 unspecified atom stereocenters. The van der Waals surface area contributed by atoms with Gasteiger partial charge in [-0.05, 0) is 58.9 Å². The molecule has 1 aliphatic carbocycles. The molecule has 28 heavy (non-hydrogen) atoms. The molecule has 1 N–H and O–H groups in total. The van der Waals surface area contributed by atoms with Crippen molar-refractivity contribution in [2.45, 2.75) is 31.0 Å². The van der Waals surface area contributed by atoms with Gasteiger partial charge in [0.2, 0.25) is 0 Å². The third-order valence-electron chi connectivity index (χ3n) is 5.70. The van der Waals surface area contributed by atoms with Gasteiger partial charge in [-0.2, -0.15) is 18.3 Å². The van der Waals surface area contributed by atoms with E-state index in [2.05, 4.69) is 30.9 Å². The molecule has 150 valence electrons. The first-order chi connectivity index (χ1) is 13.2. The van der Waals surface area contributed by atoms with Crippen molar-refractivity contribution in [2.75, 3.05) is 19.6 Å². The number of halogens is 4. The molecule has 10 heteroatoms. The van der Waals surface area contributed by atoms with E-state index in [0.717, 1.165) is 43.8 Å². The summed E-state index contributed by atoms with van der Waals surface area (Å²) >= 11 is 3.01. The maximum Gasteiger partial charge on any atom is 0.416 e. The molecule has 1 aromatic carbocycles. The Bertz CT molecular complexity index is 1000. The highest BCUT2D eigenvalue weighted by atomic mass is 79.9. The first kappa shape index (κ1) is 19.4. The Kier molecular flexibility index (Phi) is 4.73. The van der Waals surface area contributed by atoms with Crippen molar-refractivity contribution >= 4 is 15.9 Å². The van der Waals surface area contributed by atoms with Gasteiger partial charge >= 0.3 is 11.9 Å². The zero-order chi connectivity index (χ0) is 20.1. The summed E-state index contributed by atoms with van der Waals surface area (Å²) in [5.74, 6) is 0.465. The maximum atomic E-state index is 12.8. The lowest BCUT2D eigenvalue weighted by Gasteiger charge is -2.21. The monoisotopic (exact) mass is 458 g/mol. The van der Waals surface area contributed by atoms with Gasteiger partial charge in [0, 0.05) is 25.0 Å². The highest BCUT2D eigenvalue weighted by molar-refractivity contribution is 9.10. The summed E-state index contributed by atoms with van der Waals surface area (Å²) in [4.78, 5) is 27.5. The summed E-state index contributed by atoms with van der Waals surface area (Å²) in [6.07, 6.45) is -2.63. The Morgan fingerprint density at radius 3 is 2.61 bits per heavy atom. The summed E-state index contributed by atoms with van der Waals surface area (Å²) in [5, 5.41) is 3.92. The van der Waals surface area contributed by atoms with Crippen LogP contribution in [0.4, 0.5) is 13.2 Å². The Morgan fingerprint density at radius 2 is 1.93 bits per heavy atom. The van der Waals surface area contributed by atoms with E-state index in [1.54, 1.807) is 12.1 Å². The van der Waals surface area contributed by atoms with Gasteiger partial charge in [-0.25, -0.2) is 9.48 Å². The molecule has 2 heterocycles. The summed E-state index contributed by atoms with van der Waals surface area (Å²) in [6.45, 7) is 2.84. The summed E-state index contributed by atoms with van der Waals surface area (Å²) in [5.41, 5.74) is -0.793. The van der Waals surface area contributed by atoms with Crippen molar-refractivity contribution in [2.24, 2.45) is 5.92 Å². The number of aromatic amines is 1. The molecule has 2 fully saturated rings. The Hall–Kier alpha value is -1.94. The number of nitrogens with zero attached hydrogens (tertiary/aromatic N) is 3. The fraction of sp³-hybridized carbons (Fsp3) is 0.500. The minimum atomic E-state index is -4.32. The van der Waals surface area contributed by atoms with Gasteiger partial charge in [0.25, 0.3) is 5.56 Å². The molecule has 0 spiro atoms. The van der Waals surface area contributed by atoms with Crippen LogP contribution in [0.15, 0.2) is 38.5 Å². The number of benzene rings is 1. The Balaban J connectivity index is 1.36. The lowest BCUT2D eigenvalue weighted by molar-refractivity contribution is -0.137. The average Bonchev–Trinajstić information content (AvgIpc) is 3.21. The van der Waals surface area contributed by atoms with Crippen molar-refractivity contribution in [3.63, 3.8) is 0 Å². The Morgan fingerprint density at radius 1 is 1.21 bits per heavy atom. The molecule has 2 aromatic rings. The van der Waals surface area contributed by atoms with Crippen molar-refractivity contribution in [1.82, 2.24) is 19.7 Å². The first-order valence-electron chi connectivity index (χ1n) is 8.96. The normalized spacial score (nSPS) is 24.4. The topological polar surface area (TPSA) is 71.0 Å². The molecular weight excluding hydrogens is 441 g/mol. The van der Waals surface area contributed by atoms with Gasteiger partial charge in [-0.1, -0.05) is 12.1 Å². The van der Waals surface area contributed by atoms with E-state index < -0.39 is 23.0 Å². The minimum Gasteiger partial charge on any atom is -0.302 e. The van der Waals surface area contributed by atoms with Crippen LogP contribution in [0, 0.1) is 5.92 Å². The van der Waals surface area contributed by atoms with Crippen molar-refractivity contribution < 1.29 is 13.2 Å². The standard InChI is InChI=1S/C18H18BrF3N4O2/c19-14-15(27)23-16(28)26(24-14)7-1-6-25-9-13-8-17(13,10-25)11-2-4-12(5-3-11)18(20,21)22/h2-5,13H,1,6-10H2,(H,23,27,28)/t13-,17+/m0/s1. The van der Waals surface area contributed by atoms with Gasteiger partial charge in [0.15, 0.2) is 4.60 Å². The molecule has 4 rings (SSSR count). The van der Waals surface area contributed by atoms with Crippen LogP contribution >= 0.6 is 15.9 Å². The van der Waals surface area contributed by atoms with Crippen LogP contribution in [-0.2, 0) is 18.1 Å². The maximum absolute atomic E-state index is 12.8. The highest BCUT2D eigenvalue weighted by Gasteiger charge is 2.60. The molecule has 1 saturated carbocycles. The van der Waals surface area contributed by atoms with E-state index in [4.69, 9.17) is 0 Å². The molecule has 1 aliphatic heterocycles. The molecule has 0 radical (unpaired) electrons. The predicted molar refractivity (Wildman–Crippen MR) is 99.1 cm³/mol. The van der Waals surface area contributed by atoms with Crippen LogP contribution in [0.3, 0.4) is 0 Å². The minimum absolute atomic E-state index is 0.0414. The number of nitrogens with one attached hydrogen (secondary N) is 1. The zero-order valence-corrected chi connectivity index (χ0v) is 16.4. The lowest BCUT2D eigenvalue weighted by atomic mass is 9.94. The molecule has 2 atom stereocenters. The number of hydrogen-bond acceptors (Lipinski definition) is 4. The number of piperidine rings is 1. The average molecular weight is 459 g/mol. The summed E-state index contributed by atoms with van der Waals surface area (Å²) in [6, 6.07) is 5.53. The Labute approximate surface area is 166 Å². The van der Waals surface area contributed by atoms with Crippen molar-refractivity contribution in [3.8, 4) is 0 Å². The second-order valence-corrected chi connectivity index (χ2v) is 8.25. The number of rotatable bonds is 5. The van der Waals surface area contributed by atoms with Crippen molar-refractivity contribution in [1.29, 1.82) is 0 Å². The fourth-order valence-corrected chi connectivity index (χ4v) is 4.49. The molecule has 0 amide bonds. The van der Waals surface area contributed by atoms with Gasteiger partial charge in [0.1, 0.15) is 0 Å². The van der Waals surface area contributed by atoms with E-state index in [9.17, 15) is 22.8 Å². The van der Waals surface area contributed by atoms with E-state index in [1.165, 1.54) is 4.68 Å². The van der Waals surface area contributed by atoms with Crippen LogP contribution in [0.25, 0.3) is 0 Å². The van der Waals surface area contributed by atoms with Gasteiger partial charge in [-0.15, -0.1) is 0 Å². The van der Waals surface area contributed by atoms with Crippen molar-refractivity contribution in [3.05, 3.63) is 60.8 Å². The lowest BCUT2D eigenvalue weighted by Crippen LogP contribution is -2.34. The van der Waals surface area contributed by atoms with Crippen LogP contribution in [-0.4, -0.2) is 39.3 Å². The third-order valence-corrected chi connectivity index (χ3v) is 6.22. The second kappa shape index (κ2) is 6.84. The number of aromatic nitrogens is 3. The first-order valence-corrected chi connectivity index (χ1v) is 9.75. The molecule has 1 aromatic heterocycles. The molecule has 6 nitrogen and oxygen atoms in total. The smallest absolute Gasteiger partial charge is 0.302 e. The van der Waals surface area contributed by atoms with E-state index >= 15 is 0 Å². The largest absolute Gasteiger partial charge is 0.416 e. The zero-order valence-electron chi connectivity index (χ0n) is 14.8. The van der Waals surface area contributed by atoms with Crippen LogP contribution < -0.4 is 11.2 Å². The molecule has 0 bridgehead atoms. The number of fused-ring (bicyclic) bond motifs is 1. The number of alkyl halides is 3. The van der Waals surface area contributed by atoms with E-state index in [-0.39, 0.29) is 10.0 Å². The van der Waals surface area contributed by atoms with Gasteiger partial charge in [0.05, 0.1) is 5.56 Å². The molecule has 1 saturated heterocycles. The van der Waals surface area contributed by atoms with E-state index in [1.807, 2.05) is 0 Å². The SMILES string of the molecule is O=c1[nH]c(=O)n(CCCN2C[C@@H]3C[C@]3(c3ccc(C(F)(F)F)cc3)C2)nc1Br. The third kappa shape index (κ3) is 3.55. The highest BCUT2D eigenvalue weighted by Crippen LogP contribution is 2.59. The summed E-state index contributed by atoms with van der Waals surface area (Å²) in [7, 11) is 0. The van der Waals surface area contributed by atoms with Crippen LogP contribution in [0.5, 0.6) is 0 Å². The quantitative estimate of drug-likeness (QED) is 0.746. The van der Waals surface area contributed by atoms with Crippen LogP contribution in [0.1, 0.15) is 24.0 Å². The predicted octanol–water partition coefficient (Wildman–Crippen LogP) is 2.38. The number of aryl methyl sites for hydroxylation is 1.